The molecule has 1 aromatic carbocycles. The molecule has 3 heteroatoms. The minimum absolute atomic E-state index is 0. The smallest absolute Gasteiger partial charge is 0.0297 e. The molecule has 0 spiro atoms. The van der Waals surface area contributed by atoms with E-state index in [1.165, 1.54) is 36.2 Å². The highest BCUT2D eigenvalue weighted by Crippen LogP contribution is 2.18. The average molecular weight is 440 g/mol. The van der Waals surface area contributed by atoms with Gasteiger partial charge in [0, 0.05) is 31.9 Å². The van der Waals surface area contributed by atoms with Crippen LogP contribution in [-0.2, 0) is 0 Å². The highest BCUT2D eigenvalue weighted by molar-refractivity contribution is 7.12. The molecule has 0 amide bonds. The second-order valence-corrected chi connectivity index (χ2v) is 9.89. The highest BCUT2D eigenvalue weighted by Gasteiger charge is 1.93. The van der Waals surface area contributed by atoms with E-state index in [9.17, 15) is 0 Å². The van der Waals surface area contributed by atoms with Crippen molar-refractivity contribution in [3.8, 4) is 0 Å². The van der Waals surface area contributed by atoms with Crippen LogP contribution in [0.4, 0.5) is 0 Å². The minimum Gasteiger partial charge on any atom is -0.264 e. The van der Waals surface area contributed by atoms with Crippen LogP contribution < -0.4 is 0 Å². The van der Waals surface area contributed by atoms with Gasteiger partial charge in [-0.1, -0.05) is 49.4 Å². The van der Waals surface area contributed by atoms with Gasteiger partial charge in [-0.25, -0.2) is 0 Å². The summed E-state index contributed by atoms with van der Waals surface area (Å²) in [6, 6.07) is 20.7. The lowest BCUT2D eigenvalue weighted by Crippen LogP contribution is -1.69. The Labute approximate surface area is 192 Å². The summed E-state index contributed by atoms with van der Waals surface area (Å²) in [5.41, 5.74) is 3.96. The Kier molecular flexibility index (Phi) is 14.4. The summed E-state index contributed by atoms with van der Waals surface area (Å²) in [5.74, 6) is 0. The van der Waals surface area contributed by atoms with Crippen LogP contribution in [0.3, 0.4) is 0 Å². The molecule has 0 aliphatic rings. The summed E-state index contributed by atoms with van der Waals surface area (Å²) in [6.45, 7) is 14.8. The van der Waals surface area contributed by atoms with Gasteiger partial charge in [0.1, 0.15) is 0 Å². The number of hydrogen-bond donors (Lipinski definition) is 0. The molecule has 0 aliphatic heterocycles. The molecule has 1 nitrogen and oxygen atoms in total. The molecule has 0 aliphatic carbocycles. The lowest BCUT2D eigenvalue weighted by Gasteiger charge is -1.82. The SMILES string of the molecule is C.Cc1cc(C)c(C)s1.Cc1ccc(C)s1.Cc1ccccc1.Cc1cccnc1. The zero-order valence-corrected chi connectivity index (χ0v) is 20.3. The lowest BCUT2D eigenvalue weighted by atomic mass is 10.2. The molecule has 0 unspecified atom stereocenters. The molecule has 4 rings (SSSR count). The van der Waals surface area contributed by atoms with E-state index in [2.05, 4.69) is 76.9 Å². The van der Waals surface area contributed by atoms with Gasteiger partial charge >= 0.3 is 0 Å². The monoisotopic (exact) mass is 439 g/mol. The molecule has 162 valence electrons. The zero-order chi connectivity index (χ0) is 21.6. The standard InChI is InChI=1S/C7H10S.C7H8.C6H7N.C6H8S.CH4/c1-5-4-6(2)8-7(5)3;1-7-5-3-2-4-6-7;1-6-3-2-4-7-5-6;1-5-3-4-6(2)7-5;/h4H,1-3H3;2-6H,1H3;2-5H,1H3;3-4H,1-2H3;1H4. The van der Waals surface area contributed by atoms with Crippen molar-refractivity contribution in [2.24, 2.45) is 0 Å². The molecule has 3 heterocycles. The summed E-state index contributed by atoms with van der Waals surface area (Å²) in [5, 5.41) is 0. The predicted octanol–water partition coefficient (Wildman–Crippen LogP) is 9.06. The molecule has 30 heavy (non-hydrogen) atoms. The third-order valence-electron chi connectivity index (χ3n) is 3.91. The number of nitrogens with zero attached hydrogens (tertiary/aromatic N) is 1. The number of pyridine rings is 1. The fraction of sp³-hybridized carbons (Fsp3) is 0.296. The van der Waals surface area contributed by atoms with Gasteiger partial charge in [-0.2, -0.15) is 0 Å². The Hall–Kier alpha value is -2.23. The highest BCUT2D eigenvalue weighted by atomic mass is 32.1. The van der Waals surface area contributed by atoms with Crippen molar-refractivity contribution in [3.05, 3.63) is 109 Å². The van der Waals surface area contributed by atoms with Crippen LogP contribution in [0.15, 0.2) is 73.1 Å². The van der Waals surface area contributed by atoms with E-state index in [1.807, 2.05) is 66.1 Å². The molecule has 3 aromatic heterocycles. The first-order valence-electron chi connectivity index (χ1n) is 9.73. The van der Waals surface area contributed by atoms with Gasteiger partial charge in [-0.15, -0.1) is 22.7 Å². The summed E-state index contributed by atoms with van der Waals surface area (Å²) in [7, 11) is 0. The first-order chi connectivity index (χ1) is 13.8. The largest absolute Gasteiger partial charge is 0.264 e. The van der Waals surface area contributed by atoms with Gasteiger partial charge in [-0.3, -0.25) is 4.98 Å². The number of thiophene rings is 2. The van der Waals surface area contributed by atoms with Crippen LogP contribution in [0.25, 0.3) is 0 Å². The Bertz CT molecular complexity index is 848. The molecule has 0 atom stereocenters. The van der Waals surface area contributed by atoms with Crippen LogP contribution in [0, 0.1) is 48.5 Å². The molecule has 0 fully saturated rings. The van der Waals surface area contributed by atoms with E-state index in [1.54, 1.807) is 6.20 Å². The predicted molar refractivity (Wildman–Crippen MR) is 139 cm³/mol. The van der Waals surface area contributed by atoms with Crippen LogP contribution in [0.2, 0.25) is 0 Å². The summed E-state index contributed by atoms with van der Waals surface area (Å²) < 4.78 is 0. The number of hydrogen-bond acceptors (Lipinski definition) is 3. The third-order valence-corrected chi connectivity index (χ3v) is 5.90. The Balaban J connectivity index is 0.000000370. The van der Waals surface area contributed by atoms with Crippen LogP contribution in [-0.4, -0.2) is 4.98 Å². The number of rotatable bonds is 0. The van der Waals surface area contributed by atoms with Crippen molar-refractivity contribution in [2.75, 3.05) is 0 Å². The normalized spacial score (nSPS) is 8.90. The summed E-state index contributed by atoms with van der Waals surface area (Å²) in [4.78, 5) is 9.55. The van der Waals surface area contributed by atoms with Gasteiger partial charge in [0.15, 0.2) is 0 Å². The second-order valence-electron chi connectivity index (χ2n) is 6.94. The van der Waals surface area contributed by atoms with Crippen molar-refractivity contribution in [3.63, 3.8) is 0 Å². The Morgan fingerprint density at radius 3 is 1.37 bits per heavy atom. The van der Waals surface area contributed by atoms with Crippen molar-refractivity contribution in [1.29, 1.82) is 0 Å². The van der Waals surface area contributed by atoms with E-state index in [0.717, 1.165) is 0 Å². The third kappa shape index (κ3) is 13.1. The maximum Gasteiger partial charge on any atom is 0.0297 e. The summed E-state index contributed by atoms with van der Waals surface area (Å²) in [6.07, 6.45) is 3.60. The lowest BCUT2D eigenvalue weighted by molar-refractivity contribution is 1.27. The van der Waals surface area contributed by atoms with E-state index < -0.39 is 0 Å². The minimum atomic E-state index is 0. The maximum absolute atomic E-state index is 3.88. The van der Waals surface area contributed by atoms with Crippen molar-refractivity contribution >= 4 is 22.7 Å². The van der Waals surface area contributed by atoms with Gasteiger partial charge < -0.3 is 0 Å². The van der Waals surface area contributed by atoms with E-state index in [4.69, 9.17) is 0 Å². The van der Waals surface area contributed by atoms with E-state index in [0.29, 0.717) is 0 Å². The molecular weight excluding hydrogens is 402 g/mol. The quantitative estimate of drug-likeness (QED) is 0.266. The van der Waals surface area contributed by atoms with Crippen LogP contribution in [0.5, 0.6) is 0 Å². The number of aromatic nitrogens is 1. The number of aryl methyl sites for hydroxylation is 7. The summed E-state index contributed by atoms with van der Waals surface area (Å²) >= 11 is 3.71. The van der Waals surface area contributed by atoms with Gasteiger partial charge in [0.25, 0.3) is 0 Å². The molecule has 0 bridgehead atoms. The number of benzene rings is 1. The second kappa shape index (κ2) is 15.6. The van der Waals surface area contributed by atoms with Crippen molar-refractivity contribution in [2.45, 2.75) is 55.9 Å². The molecule has 0 saturated heterocycles. The van der Waals surface area contributed by atoms with Gasteiger partial charge in [0.2, 0.25) is 0 Å². The van der Waals surface area contributed by atoms with Gasteiger partial charge in [-0.05, 0) is 83.9 Å². The molecule has 0 saturated carbocycles. The first-order valence-corrected chi connectivity index (χ1v) is 11.4. The Morgan fingerprint density at radius 2 is 1.17 bits per heavy atom. The fourth-order valence-electron chi connectivity index (χ4n) is 2.30. The van der Waals surface area contributed by atoms with E-state index in [-0.39, 0.29) is 7.43 Å². The van der Waals surface area contributed by atoms with Gasteiger partial charge in [0.05, 0.1) is 0 Å². The molecule has 4 aromatic rings. The zero-order valence-electron chi connectivity index (χ0n) is 18.7. The van der Waals surface area contributed by atoms with Crippen molar-refractivity contribution in [1.82, 2.24) is 4.98 Å². The fourth-order valence-corrected chi connectivity index (χ4v) is 4.02. The van der Waals surface area contributed by atoms with E-state index >= 15 is 0 Å². The molecule has 0 radical (unpaired) electrons. The molecule has 0 N–H and O–H groups in total. The van der Waals surface area contributed by atoms with Crippen LogP contribution >= 0.6 is 22.7 Å². The Morgan fingerprint density at radius 1 is 0.600 bits per heavy atom. The topological polar surface area (TPSA) is 12.9 Å². The maximum atomic E-state index is 3.88. The molecular formula is C27H37NS2. The van der Waals surface area contributed by atoms with Crippen molar-refractivity contribution < 1.29 is 0 Å². The average Bonchev–Trinajstić information content (AvgIpc) is 3.20. The first kappa shape index (κ1) is 27.8. The van der Waals surface area contributed by atoms with Crippen LogP contribution in [0.1, 0.15) is 43.6 Å².